The lowest BCUT2D eigenvalue weighted by atomic mass is 10.2. The minimum absolute atomic E-state index is 0.505. The molecule has 0 aromatic heterocycles. The van der Waals surface area contributed by atoms with E-state index in [0.29, 0.717) is 23.8 Å². The van der Waals surface area contributed by atoms with Crippen molar-refractivity contribution in [2.45, 2.75) is 33.2 Å². The molecule has 0 radical (unpaired) electrons. The van der Waals surface area contributed by atoms with E-state index in [1.807, 2.05) is 26.0 Å². The summed E-state index contributed by atoms with van der Waals surface area (Å²) in [5, 5.41) is 6.60. The van der Waals surface area contributed by atoms with Crippen LogP contribution in [0.2, 0.25) is 0 Å². The molecule has 2 N–H and O–H groups in total. The minimum atomic E-state index is 0.505. The Balaban J connectivity index is 2.70. The molecule has 7 heteroatoms. The monoisotopic (exact) mass is 367 g/mol. The summed E-state index contributed by atoms with van der Waals surface area (Å²) in [7, 11) is 4.81. The molecular weight excluding hydrogens is 334 g/mol. The van der Waals surface area contributed by atoms with E-state index in [2.05, 4.69) is 15.6 Å². The van der Waals surface area contributed by atoms with Crippen molar-refractivity contribution in [3.8, 4) is 17.2 Å². The van der Waals surface area contributed by atoms with Gasteiger partial charge in [-0.05, 0) is 44.4 Å². The molecule has 7 nitrogen and oxygen atoms in total. The largest absolute Gasteiger partial charge is 0.493 e. The Morgan fingerprint density at radius 3 is 2.19 bits per heavy atom. The van der Waals surface area contributed by atoms with Gasteiger partial charge >= 0.3 is 0 Å². The van der Waals surface area contributed by atoms with E-state index in [1.165, 1.54) is 0 Å². The van der Waals surface area contributed by atoms with Crippen LogP contribution in [0.3, 0.4) is 0 Å². The Hall–Kier alpha value is -2.15. The maximum atomic E-state index is 5.39. The van der Waals surface area contributed by atoms with Gasteiger partial charge in [0.2, 0.25) is 5.75 Å². The van der Waals surface area contributed by atoms with Crippen LogP contribution >= 0.6 is 0 Å². The van der Waals surface area contributed by atoms with Crippen LogP contribution in [0.4, 0.5) is 0 Å². The molecule has 0 amide bonds. The first-order valence-electron chi connectivity index (χ1n) is 9.08. The molecule has 0 atom stereocenters. The number of unbranched alkanes of at least 4 members (excludes halogenated alkanes) is 1. The molecule has 0 aliphatic rings. The van der Waals surface area contributed by atoms with Crippen LogP contribution in [0.15, 0.2) is 17.1 Å². The Morgan fingerprint density at radius 2 is 1.65 bits per heavy atom. The summed E-state index contributed by atoms with van der Waals surface area (Å²) >= 11 is 0. The minimum Gasteiger partial charge on any atom is -0.493 e. The zero-order valence-electron chi connectivity index (χ0n) is 16.7. The number of guanidine groups is 1. The van der Waals surface area contributed by atoms with E-state index in [1.54, 1.807) is 21.3 Å². The standard InChI is InChI=1S/C19H33N3O4/c1-6-20-19(21-10-8-9-11-26-7-2)22-14-15-12-16(23-3)18(25-5)17(13-15)24-4/h12-13H,6-11,14H2,1-5H3,(H2,20,21,22). The molecule has 0 saturated carbocycles. The molecule has 0 aliphatic carbocycles. The molecule has 0 heterocycles. The van der Waals surface area contributed by atoms with Crippen LogP contribution in [0.5, 0.6) is 17.2 Å². The fourth-order valence-corrected chi connectivity index (χ4v) is 2.42. The van der Waals surface area contributed by atoms with Crippen LogP contribution in [-0.4, -0.2) is 53.6 Å². The van der Waals surface area contributed by atoms with E-state index in [4.69, 9.17) is 18.9 Å². The molecule has 0 saturated heterocycles. The van der Waals surface area contributed by atoms with E-state index in [0.717, 1.165) is 50.7 Å². The Labute approximate surface area is 157 Å². The van der Waals surface area contributed by atoms with Gasteiger partial charge in [-0.1, -0.05) is 0 Å². The van der Waals surface area contributed by atoms with Crippen molar-refractivity contribution >= 4 is 5.96 Å². The van der Waals surface area contributed by atoms with Gasteiger partial charge in [-0.25, -0.2) is 4.99 Å². The average molecular weight is 367 g/mol. The number of methoxy groups -OCH3 is 3. The summed E-state index contributed by atoms with van der Waals surface area (Å²) in [6.07, 6.45) is 2.07. The van der Waals surface area contributed by atoms with Crippen LogP contribution < -0.4 is 24.8 Å². The summed E-state index contributed by atoms with van der Waals surface area (Å²) < 4.78 is 21.5. The van der Waals surface area contributed by atoms with Crippen LogP contribution in [-0.2, 0) is 11.3 Å². The van der Waals surface area contributed by atoms with Crippen molar-refractivity contribution in [3.63, 3.8) is 0 Å². The number of nitrogens with one attached hydrogen (secondary N) is 2. The second kappa shape index (κ2) is 13.1. The first kappa shape index (κ1) is 21.9. The number of hydrogen-bond acceptors (Lipinski definition) is 5. The van der Waals surface area contributed by atoms with Crippen LogP contribution in [0, 0.1) is 0 Å². The Bertz CT molecular complexity index is 525. The van der Waals surface area contributed by atoms with Gasteiger partial charge in [-0.2, -0.15) is 0 Å². The first-order valence-corrected chi connectivity index (χ1v) is 9.08. The van der Waals surface area contributed by atoms with E-state index >= 15 is 0 Å². The predicted molar refractivity (Wildman–Crippen MR) is 105 cm³/mol. The molecule has 0 spiro atoms. The molecule has 0 aliphatic heterocycles. The van der Waals surface area contributed by atoms with Gasteiger partial charge < -0.3 is 29.6 Å². The second-order valence-corrected chi connectivity index (χ2v) is 5.56. The highest BCUT2D eigenvalue weighted by atomic mass is 16.5. The van der Waals surface area contributed by atoms with Crippen molar-refractivity contribution in [2.75, 3.05) is 47.6 Å². The normalized spacial score (nSPS) is 11.2. The molecule has 148 valence electrons. The van der Waals surface area contributed by atoms with Crippen molar-refractivity contribution in [2.24, 2.45) is 4.99 Å². The number of aliphatic imine (C=N–C) groups is 1. The summed E-state index contributed by atoms with van der Waals surface area (Å²) in [4.78, 5) is 4.64. The quantitative estimate of drug-likeness (QED) is 0.336. The van der Waals surface area contributed by atoms with Gasteiger partial charge in [-0.3, -0.25) is 0 Å². The van der Waals surface area contributed by atoms with Gasteiger partial charge in [0, 0.05) is 26.3 Å². The maximum absolute atomic E-state index is 5.39. The molecule has 1 rings (SSSR count). The molecule has 0 bridgehead atoms. The Kier molecular flexibility index (Phi) is 11.0. The highest BCUT2D eigenvalue weighted by Gasteiger charge is 2.13. The maximum Gasteiger partial charge on any atom is 0.203 e. The number of hydrogen-bond donors (Lipinski definition) is 2. The molecule has 1 aromatic rings. The van der Waals surface area contributed by atoms with Crippen molar-refractivity contribution in [1.29, 1.82) is 0 Å². The lowest BCUT2D eigenvalue weighted by molar-refractivity contribution is 0.143. The summed E-state index contributed by atoms with van der Waals surface area (Å²) in [5.41, 5.74) is 0.980. The van der Waals surface area contributed by atoms with Crippen LogP contribution in [0.1, 0.15) is 32.3 Å². The fraction of sp³-hybridized carbons (Fsp3) is 0.632. The smallest absolute Gasteiger partial charge is 0.203 e. The molecule has 26 heavy (non-hydrogen) atoms. The van der Waals surface area contributed by atoms with Crippen molar-refractivity contribution in [1.82, 2.24) is 10.6 Å². The second-order valence-electron chi connectivity index (χ2n) is 5.56. The van der Waals surface area contributed by atoms with Crippen molar-refractivity contribution in [3.05, 3.63) is 17.7 Å². The third kappa shape index (κ3) is 7.39. The highest BCUT2D eigenvalue weighted by Crippen LogP contribution is 2.38. The van der Waals surface area contributed by atoms with Gasteiger partial charge in [0.05, 0.1) is 27.9 Å². The summed E-state index contributed by atoms with van der Waals surface area (Å²) in [6.45, 7) is 7.80. The third-order valence-corrected chi connectivity index (χ3v) is 3.70. The highest BCUT2D eigenvalue weighted by molar-refractivity contribution is 5.79. The number of rotatable bonds is 12. The van der Waals surface area contributed by atoms with Gasteiger partial charge in [-0.15, -0.1) is 0 Å². The number of nitrogens with zero attached hydrogens (tertiary/aromatic N) is 1. The molecule has 1 aromatic carbocycles. The SMILES string of the molecule is CCNC(=NCc1cc(OC)c(OC)c(OC)c1)NCCCCOCC. The molecule has 0 unspecified atom stereocenters. The third-order valence-electron chi connectivity index (χ3n) is 3.70. The van der Waals surface area contributed by atoms with Crippen LogP contribution in [0.25, 0.3) is 0 Å². The summed E-state index contributed by atoms with van der Waals surface area (Å²) in [5.74, 6) is 2.64. The zero-order valence-corrected chi connectivity index (χ0v) is 16.7. The van der Waals surface area contributed by atoms with Gasteiger partial charge in [0.25, 0.3) is 0 Å². The first-order chi connectivity index (χ1) is 12.7. The van der Waals surface area contributed by atoms with E-state index in [9.17, 15) is 0 Å². The number of benzene rings is 1. The fourth-order valence-electron chi connectivity index (χ4n) is 2.42. The lowest BCUT2D eigenvalue weighted by Gasteiger charge is -2.14. The molecular formula is C19H33N3O4. The van der Waals surface area contributed by atoms with E-state index in [-0.39, 0.29) is 0 Å². The van der Waals surface area contributed by atoms with Crippen molar-refractivity contribution < 1.29 is 18.9 Å². The predicted octanol–water partition coefficient (Wildman–Crippen LogP) is 2.58. The Morgan fingerprint density at radius 1 is 0.962 bits per heavy atom. The lowest BCUT2D eigenvalue weighted by Crippen LogP contribution is -2.37. The van der Waals surface area contributed by atoms with Gasteiger partial charge in [0.15, 0.2) is 17.5 Å². The topological polar surface area (TPSA) is 73.3 Å². The average Bonchev–Trinajstić information content (AvgIpc) is 2.67. The summed E-state index contributed by atoms with van der Waals surface area (Å²) in [6, 6.07) is 3.83. The number of ether oxygens (including phenoxy) is 4. The zero-order chi connectivity index (χ0) is 19.2. The van der Waals surface area contributed by atoms with E-state index < -0.39 is 0 Å². The molecule has 0 fully saturated rings. The van der Waals surface area contributed by atoms with Gasteiger partial charge in [0.1, 0.15) is 0 Å².